The van der Waals surface area contributed by atoms with Gasteiger partial charge in [-0.1, -0.05) is 13.8 Å². The molecule has 0 aliphatic carbocycles. The molecule has 1 aromatic heterocycles. The zero-order chi connectivity index (χ0) is 22.1. The maximum Gasteiger partial charge on any atom is 0.276 e. The molecule has 0 unspecified atom stereocenters. The summed E-state index contributed by atoms with van der Waals surface area (Å²) in [5, 5.41) is 7.30. The summed E-state index contributed by atoms with van der Waals surface area (Å²) in [6.07, 6.45) is 0. The number of aromatic nitrogens is 2. The topological polar surface area (TPSA) is 84.3 Å². The lowest BCUT2D eigenvalue weighted by Crippen LogP contribution is -2.33. The summed E-state index contributed by atoms with van der Waals surface area (Å²) >= 11 is 0. The van der Waals surface area contributed by atoms with Gasteiger partial charge in [0.1, 0.15) is 0 Å². The quantitative estimate of drug-likeness (QED) is 0.764. The zero-order valence-electron chi connectivity index (χ0n) is 18.5. The molecule has 0 radical (unpaired) electrons. The Morgan fingerprint density at radius 1 is 1.10 bits per heavy atom. The van der Waals surface area contributed by atoms with E-state index in [-0.39, 0.29) is 28.3 Å². The van der Waals surface area contributed by atoms with E-state index < -0.39 is 10.0 Å². The third-order valence-corrected chi connectivity index (χ3v) is 6.76. The summed E-state index contributed by atoms with van der Waals surface area (Å²) in [5.74, 6) is -0.101. The maximum atomic E-state index is 12.7. The van der Waals surface area contributed by atoms with Gasteiger partial charge in [-0.15, -0.1) is 0 Å². The number of carbonyl (C=O) groups excluding carboxylic acids is 1. The zero-order valence-corrected chi connectivity index (χ0v) is 19.3. The van der Waals surface area contributed by atoms with Gasteiger partial charge in [0.25, 0.3) is 5.91 Å². The Bertz CT molecular complexity index is 968. The van der Waals surface area contributed by atoms with Gasteiger partial charge < -0.3 is 5.32 Å². The predicted molar refractivity (Wildman–Crippen MR) is 116 cm³/mol. The molecule has 0 atom stereocenters. The van der Waals surface area contributed by atoms with E-state index in [4.69, 9.17) is 0 Å². The van der Waals surface area contributed by atoms with Crippen LogP contribution in [-0.4, -0.2) is 41.5 Å². The largest absolute Gasteiger partial charge is 0.321 e. The Labute approximate surface area is 174 Å². The summed E-state index contributed by atoms with van der Waals surface area (Å²) in [6.45, 7) is 13.9. The van der Waals surface area contributed by atoms with Crippen LogP contribution >= 0.6 is 0 Å². The Kier molecular flexibility index (Phi) is 6.59. The van der Waals surface area contributed by atoms with Crippen LogP contribution in [0.5, 0.6) is 0 Å². The van der Waals surface area contributed by atoms with E-state index in [0.717, 1.165) is 5.69 Å². The molecular formula is C21H32N4O3S. The fourth-order valence-corrected chi connectivity index (χ4v) is 4.17. The van der Waals surface area contributed by atoms with Gasteiger partial charge in [0.05, 0.1) is 10.4 Å². The molecule has 0 saturated heterocycles. The van der Waals surface area contributed by atoms with Crippen LogP contribution in [0.1, 0.15) is 70.6 Å². The number of rotatable bonds is 6. The number of hydrogen-bond acceptors (Lipinski definition) is 4. The fourth-order valence-electron chi connectivity index (χ4n) is 2.80. The number of sulfonamides is 1. The van der Waals surface area contributed by atoms with E-state index in [1.807, 2.05) is 45.4 Å². The molecule has 0 saturated carbocycles. The second kappa shape index (κ2) is 8.28. The first-order chi connectivity index (χ1) is 13.2. The minimum absolute atomic E-state index is 0.146. The van der Waals surface area contributed by atoms with Crippen molar-refractivity contribution < 1.29 is 13.2 Å². The molecule has 0 aliphatic rings. The first-order valence-corrected chi connectivity index (χ1v) is 11.2. The number of anilines is 1. The first-order valence-electron chi connectivity index (χ1n) is 9.75. The molecule has 2 rings (SSSR count). The van der Waals surface area contributed by atoms with Crippen LogP contribution in [0.15, 0.2) is 35.2 Å². The van der Waals surface area contributed by atoms with E-state index in [9.17, 15) is 13.2 Å². The van der Waals surface area contributed by atoms with Crippen molar-refractivity contribution in [1.29, 1.82) is 0 Å². The van der Waals surface area contributed by atoms with Gasteiger partial charge in [0.15, 0.2) is 5.69 Å². The molecule has 2 aromatic rings. The molecule has 1 heterocycles. The number of carbonyl (C=O) groups is 1. The number of hydrogen-bond donors (Lipinski definition) is 1. The molecule has 1 amide bonds. The van der Waals surface area contributed by atoms with Crippen molar-refractivity contribution in [3.8, 4) is 0 Å². The van der Waals surface area contributed by atoms with Gasteiger partial charge >= 0.3 is 0 Å². The van der Waals surface area contributed by atoms with Crippen LogP contribution in [0.4, 0.5) is 5.69 Å². The molecule has 0 bridgehead atoms. The number of nitrogens with one attached hydrogen (secondary N) is 1. The van der Waals surface area contributed by atoms with E-state index >= 15 is 0 Å². The van der Waals surface area contributed by atoms with Gasteiger partial charge in [-0.2, -0.15) is 9.40 Å². The predicted octanol–water partition coefficient (Wildman–Crippen LogP) is 4.04. The number of nitrogens with zero attached hydrogens (tertiary/aromatic N) is 3. The van der Waals surface area contributed by atoms with Crippen LogP contribution in [0, 0.1) is 0 Å². The van der Waals surface area contributed by atoms with E-state index in [0.29, 0.717) is 11.4 Å². The van der Waals surface area contributed by atoms with Crippen LogP contribution in [-0.2, 0) is 15.6 Å². The van der Waals surface area contributed by atoms with Crippen molar-refractivity contribution in [2.75, 3.05) is 12.4 Å². The van der Waals surface area contributed by atoms with Crippen molar-refractivity contribution in [3.05, 3.63) is 41.7 Å². The standard InChI is InChI=1S/C21H32N4O3S/c1-14(2)19-13-18(23-25(19)21(5,6)7)20(26)22-16-9-11-17(12-10-16)29(27,28)24(8)15(3)4/h9-15H,1-8H3,(H,22,26). The molecule has 8 heteroatoms. The van der Waals surface area contributed by atoms with Crippen molar-refractivity contribution >= 4 is 21.6 Å². The lowest BCUT2D eigenvalue weighted by molar-refractivity contribution is 0.102. The van der Waals surface area contributed by atoms with E-state index in [1.165, 1.54) is 16.4 Å². The molecule has 29 heavy (non-hydrogen) atoms. The third kappa shape index (κ3) is 5.05. The average Bonchev–Trinajstić information content (AvgIpc) is 3.07. The van der Waals surface area contributed by atoms with Crippen molar-refractivity contribution in [1.82, 2.24) is 14.1 Å². The van der Waals surface area contributed by atoms with Crippen molar-refractivity contribution in [2.45, 2.75) is 70.9 Å². The molecular weight excluding hydrogens is 388 g/mol. The molecule has 0 fully saturated rings. The monoisotopic (exact) mass is 420 g/mol. The second-order valence-electron chi connectivity index (χ2n) is 8.79. The number of benzene rings is 1. The van der Waals surface area contributed by atoms with Gasteiger partial charge in [-0.25, -0.2) is 8.42 Å². The highest BCUT2D eigenvalue weighted by Gasteiger charge is 2.25. The van der Waals surface area contributed by atoms with Crippen LogP contribution in [0.3, 0.4) is 0 Å². The normalized spacial score (nSPS) is 12.8. The van der Waals surface area contributed by atoms with Crippen LogP contribution in [0.2, 0.25) is 0 Å². The van der Waals surface area contributed by atoms with Gasteiger partial charge in [-0.05, 0) is 70.9 Å². The summed E-state index contributed by atoms with van der Waals surface area (Å²) in [4.78, 5) is 12.9. The Morgan fingerprint density at radius 2 is 1.66 bits per heavy atom. The molecule has 160 valence electrons. The molecule has 1 N–H and O–H groups in total. The second-order valence-corrected chi connectivity index (χ2v) is 10.8. The smallest absolute Gasteiger partial charge is 0.276 e. The van der Waals surface area contributed by atoms with Crippen LogP contribution < -0.4 is 5.32 Å². The minimum Gasteiger partial charge on any atom is -0.321 e. The lowest BCUT2D eigenvalue weighted by Gasteiger charge is -2.23. The summed E-state index contributed by atoms with van der Waals surface area (Å²) in [7, 11) is -2.01. The highest BCUT2D eigenvalue weighted by atomic mass is 32.2. The van der Waals surface area contributed by atoms with Crippen LogP contribution in [0.25, 0.3) is 0 Å². The van der Waals surface area contributed by atoms with E-state index in [2.05, 4.69) is 24.3 Å². The summed E-state index contributed by atoms with van der Waals surface area (Å²) in [5.41, 5.74) is 1.59. The minimum atomic E-state index is -3.56. The molecule has 0 spiro atoms. The summed E-state index contributed by atoms with van der Waals surface area (Å²) < 4.78 is 28.3. The highest BCUT2D eigenvalue weighted by molar-refractivity contribution is 7.89. The SMILES string of the molecule is CC(C)c1cc(C(=O)Nc2ccc(S(=O)(=O)N(C)C(C)C)cc2)nn1C(C)(C)C. The Hall–Kier alpha value is -2.19. The number of amides is 1. The van der Waals surface area contributed by atoms with Crippen molar-refractivity contribution in [3.63, 3.8) is 0 Å². The average molecular weight is 421 g/mol. The third-order valence-electron chi connectivity index (χ3n) is 4.71. The fraction of sp³-hybridized carbons (Fsp3) is 0.524. The molecule has 7 nitrogen and oxygen atoms in total. The Morgan fingerprint density at radius 3 is 2.07 bits per heavy atom. The summed E-state index contributed by atoms with van der Waals surface area (Å²) in [6, 6.07) is 7.83. The molecule has 1 aromatic carbocycles. The van der Waals surface area contributed by atoms with Gasteiger partial charge in [0, 0.05) is 24.5 Å². The first kappa shape index (κ1) is 23.1. The maximum absolute atomic E-state index is 12.7. The Balaban J connectivity index is 2.24. The van der Waals surface area contributed by atoms with Crippen molar-refractivity contribution in [2.24, 2.45) is 0 Å². The van der Waals surface area contributed by atoms with E-state index in [1.54, 1.807) is 19.2 Å². The van der Waals surface area contributed by atoms with Gasteiger partial charge in [0.2, 0.25) is 10.0 Å². The lowest BCUT2D eigenvalue weighted by atomic mass is 10.1. The highest BCUT2D eigenvalue weighted by Crippen LogP contribution is 2.24. The van der Waals surface area contributed by atoms with Gasteiger partial charge in [-0.3, -0.25) is 9.48 Å². The molecule has 0 aliphatic heterocycles.